The van der Waals surface area contributed by atoms with Gasteiger partial charge in [-0.15, -0.1) is 0 Å². The summed E-state index contributed by atoms with van der Waals surface area (Å²) >= 11 is 0. The summed E-state index contributed by atoms with van der Waals surface area (Å²) in [4.78, 5) is 10.4. The van der Waals surface area contributed by atoms with Gasteiger partial charge in [0.2, 0.25) is 0 Å². The number of aliphatic hydroxyl groups is 1. The van der Waals surface area contributed by atoms with Crippen molar-refractivity contribution in [3.63, 3.8) is 0 Å². The predicted octanol–water partition coefficient (Wildman–Crippen LogP) is 0.508. The molecule has 0 radical (unpaired) electrons. The van der Waals surface area contributed by atoms with Crippen molar-refractivity contribution in [3.05, 3.63) is 0 Å². The Kier molecular flexibility index (Phi) is 5.79. The van der Waals surface area contributed by atoms with Crippen molar-refractivity contribution in [2.24, 2.45) is 0 Å². The van der Waals surface area contributed by atoms with Crippen LogP contribution in [-0.2, 0) is 9.47 Å². The van der Waals surface area contributed by atoms with Crippen LogP contribution in [0.4, 0.5) is 9.18 Å². The molecule has 0 aromatic rings. The maximum absolute atomic E-state index is 12.4. The number of halogens is 1. The van der Waals surface area contributed by atoms with Crippen LogP contribution < -0.4 is 0 Å². The van der Waals surface area contributed by atoms with Crippen molar-refractivity contribution in [3.8, 4) is 0 Å². The van der Waals surface area contributed by atoms with Crippen molar-refractivity contribution in [1.29, 1.82) is 5.41 Å². The summed E-state index contributed by atoms with van der Waals surface area (Å²) in [6, 6.07) is 0. The number of hydrogen-bond acceptors (Lipinski definition) is 5. The number of ether oxygens (including phenoxy) is 2. The van der Waals surface area contributed by atoms with Gasteiger partial charge in [0.25, 0.3) is 0 Å². The minimum absolute atomic E-state index is 0.263. The van der Waals surface area contributed by atoms with Crippen LogP contribution in [0.1, 0.15) is 6.42 Å². The van der Waals surface area contributed by atoms with Gasteiger partial charge in [-0.3, -0.25) is 0 Å². The van der Waals surface area contributed by atoms with Crippen LogP contribution in [0.3, 0.4) is 0 Å². The fourth-order valence-electron chi connectivity index (χ4n) is 0.619. The molecule has 0 aromatic heterocycles. The lowest BCUT2D eigenvalue weighted by Crippen LogP contribution is -2.22. The molecule has 2 N–H and O–H groups in total. The first-order valence-electron chi connectivity index (χ1n) is 3.63. The van der Waals surface area contributed by atoms with E-state index in [0.717, 1.165) is 7.11 Å². The molecule has 0 spiro atoms. The fourth-order valence-corrected chi connectivity index (χ4v) is 0.619. The molecule has 2 atom stereocenters. The van der Waals surface area contributed by atoms with Crippen molar-refractivity contribution < 1.29 is 23.8 Å². The standard InChI is InChI=1S/C7H12FNO4/c1-12-7(11)13-4-6(10)2-5(8)3-9/h3,5-6,9-10H,2,4H2,1H3/t5-,6-/m0/s1. The molecule has 0 aliphatic rings. The summed E-state index contributed by atoms with van der Waals surface area (Å²) in [6.07, 6.45) is -3.25. The van der Waals surface area contributed by atoms with E-state index in [1.54, 1.807) is 0 Å². The third kappa shape index (κ3) is 6.03. The van der Waals surface area contributed by atoms with Crippen LogP contribution >= 0.6 is 0 Å². The highest BCUT2D eigenvalue weighted by atomic mass is 19.1. The van der Waals surface area contributed by atoms with E-state index in [-0.39, 0.29) is 13.0 Å². The zero-order valence-corrected chi connectivity index (χ0v) is 7.20. The van der Waals surface area contributed by atoms with E-state index in [4.69, 9.17) is 10.5 Å². The van der Waals surface area contributed by atoms with Gasteiger partial charge < -0.3 is 20.0 Å². The van der Waals surface area contributed by atoms with Crippen molar-refractivity contribution in [1.82, 2.24) is 0 Å². The van der Waals surface area contributed by atoms with Crippen LogP contribution in [0.5, 0.6) is 0 Å². The molecule has 0 rings (SSSR count). The number of carbonyl (C=O) groups excluding carboxylic acids is 1. The summed E-state index contributed by atoms with van der Waals surface area (Å²) in [5, 5.41) is 15.5. The minimum atomic E-state index is -1.52. The Morgan fingerprint density at radius 3 is 2.85 bits per heavy atom. The van der Waals surface area contributed by atoms with Crippen molar-refractivity contribution in [2.75, 3.05) is 13.7 Å². The summed E-state index contributed by atoms with van der Waals surface area (Å²) in [6.45, 7) is -0.332. The summed E-state index contributed by atoms with van der Waals surface area (Å²) < 4.78 is 20.9. The Morgan fingerprint density at radius 1 is 1.77 bits per heavy atom. The van der Waals surface area contributed by atoms with Crippen LogP contribution in [0.15, 0.2) is 0 Å². The molecule has 0 saturated heterocycles. The van der Waals surface area contributed by atoms with Gasteiger partial charge in [-0.25, -0.2) is 9.18 Å². The van der Waals surface area contributed by atoms with E-state index >= 15 is 0 Å². The lowest BCUT2D eigenvalue weighted by Gasteiger charge is -2.10. The molecule has 0 amide bonds. The van der Waals surface area contributed by atoms with E-state index in [0.29, 0.717) is 6.21 Å². The fraction of sp³-hybridized carbons (Fsp3) is 0.714. The molecular formula is C7H12FNO4. The first-order valence-corrected chi connectivity index (χ1v) is 3.63. The highest BCUT2D eigenvalue weighted by Gasteiger charge is 2.13. The Bertz CT molecular complexity index is 176. The molecule has 5 nitrogen and oxygen atoms in total. The Balaban J connectivity index is 3.56. The summed E-state index contributed by atoms with van der Waals surface area (Å²) in [5.41, 5.74) is 0. The molecule has 0 aliphatic heterocycles. The maximum Gasteiger partial charge on any atom is 0.508 e. The van der Waals surface area contributed by atoms with Gasteiger partial charge in [-0.2, -0.15) is 0 Å². The second kappa shape index (κ2) is 6.36. The molecule has 0 aliphatic carbocycles. The summed E-state index contributed by atoms with van der Waals surface area (Å²) in [5.74, 6) is 0. The summed E-state index contributed by atoms with van der Waals surface area (Å²) in [7, 11) is 1.13. The second-order valence-corrected chi connectivity index (χ2v) is 2.34. The van der Waals surface area contributed by atoms with Gasteiger partial charge in [0.1, 0.15) is 12.8 Å². The molecule has 0 saturated carbocycles. The molecular weight excluding hydrogens is 181 g/mol. The van der Waals surface area contributed by atoms with E-state index < -0.39 is 18.4 Å². The smallest absolute Gasteiger partial charge is 0.438 e. The SMILES string of the molecule is COC(=O)OC[C@@H](O)C[C@H](F)C=N. The average Bonchev–Trinajstić information content (AvgIpc) is 2.13. The normalized spacial score (nSPS) is 14.4. The topological polar surface area (TPSA) is 79.6 Å². The van der Waals surface area contributed by atoms with Gasteiger partial charge in [0, 0.05) is 12.6 Å². The maximum atomic E-state index is 12.4. The van der Waals surface area contributed by atoms with Gasteiger partial charge >= 0.3 is 6.16 Å². The van der Waals surface area contributed by atoms with E-state index in [9.17, 15) is 9.18 Å². The van der Waals surface area contributed by atoms with Crippen molar-refractivity contribution in [2.45, 2.75) is 18.7 Å². The molecule has 0 heterocycles. The largest absolute Gasteiger partial charge is 0.508 e. The highest BCUT2D eigenvalue weighted by molar-refractivity contribution is 5.60. The molecule has 76 valence electrons. The highest BCUT2D eigenvalue weighted by Crippen LogP contribution is 2.01. The van der Waals surface area contributed by atoms with Gasteiger partial charge in [0.15, 0.2) is 0 Å². The number of alkyl halides is 1. The average molecular weight is 193 g/mol. The van der Waals surface area contributed by atoms with Gasteiger partial charge in [-0.1, -0.05) is 0 Å². The number of hydrogen-bond donors (Lipinski definition) is 2. The van der Waals surface area contributed by atoms with Crippen LogP contribution in [0.25, 0.3) is 0 Å². The third-order valence-electron chi connectivity index (χ3n) is 1.24. The quantitative estimate of drug-likeness (QED) is 0.492. The number of methoxy groups -OCH3 is 1. The second-order valence-electron chi connectivity index (χ2n) is 2.34. The molecule has 0 unspecified atom stereocenters. The van der Waals surface area contributed by atoms with E-state index in [1.165, 1.54) is 0 Å². The molecule has 6 heteroatoms. The number of rotatable bonds is 5. The third-order valence-corrected chi connectivity index (χ3v) is 1.24. The molecule has 0 bridgehead atoms. The van der Waals surface area contributed by atoms with Crippen LogP contribution in [0.2, 0.25) is 0 Å². The lowest BCUT2D eigenvalue weighted by molar-refractivity contribution is 0.0221. The number of nitrogens with one attached hydrogen (secondary N) is 1. The van der Waals surface area contributed by atoms with Gasteiger partial charge in [-0.05, 0) is 0 Å². The molecule has 0 aromatic carbocycles. The first-order chi connectivity index (χ1) is 6.10. The minimum Gasteiger partial charge on any atom is -0.438 e. The zero-order chi connectivity index (χ0) is 10.3. The Morgan fingerprint density at radius 2 is 2.38 bits per heavy atom. The molecule has 0 fully saturated rings. The van der Waals surface area contributed by atoms with Crippen LogP contribution in [-0.4, -0.2) is 43.5 Å². The van der Waals surface area contributed by atoms with E-state index in [2.05, 4.69) is 9.47 Å². The van der Waals surface area contributed by atoms with E-state index in [1.807, 2.05) is 0 Å². The number of carbonyl (C=O) groups is 1. The van der Waals surface area contributed by atoms with Crippen LogP contribution in [0, 0.1) is 5.41 Å². The predicted molar refractivity (Wildman–Crippen MR) is 42.7 cm³/mol. The van der Waals surface area contributed by atoms with Gasteiger partial charge in [0.05, 0.1) is 13.2 Å². The Labute approximate surface area is 75.0 Å². The monoisotopic (exact) mass is 193 g/mol. The molecule has 13 heavy (non-hydrogen) atoms. The lowest BCUT2D eigenvalue weighted by atomic mass is 10.2. The van der Waals surface area contributed by atoms with Crippen molar-refractivity contribution >= 4 is 12.4 Å². The first kappa shape index (κ1) is 11.8. The number of aliphatic hydroxyl groups excluding tert-OH is 1. The Hall–Kier alpha value is -1.17. The zero-order valence-electron chi connectivity index (χ0n) is 7.20.